The van der Waals surface area contributed by atoms with E-state index in [9.17, 15) is 5.11 Å². The van der Waals surface area contributed by atoms with Crippen molar-refractivity contribution in [1.29, 1.82) is 0 Å². The van der Waals surface area contributed by atoms with Crippen molar-refractivity contribution >= 4 is 0 Å². The Labute approximate surface area is 103 Å². The average Bonchev–Trinajstić information content (AvgIpc) is 2.58. The quantitative estimate of drug-likeness (QED) is 0.813. The molecule has 0 amide bonds. The van der Waals surface area contributed by atoms with Crippen molar-refractivity contribution in [2.45, 2.75) is 51.6 Å². The molecule has 17 heavy (non-hydrogen) atoms. The zero-order valence-electron chi connectivity index (χ0n) is 10.8. The van der Waals surface area contributed by atoms with Crippen LogP contribution in [0.15, 0.2) is 17.7 Å². The van der Waals surface area contributed by atoms with E-state index in [0.717, 1.165) is 17.8 Å². The highest BCUT2D eigenvalue weighted by Gasteiger charge is 2.13. The van der Waals surface area contributed by atoms with Crippen LogP contribution < -0.4 is 0 Å². The minimum Gasteiger partial charge on any atom is -0.392 e. The molecule has 1 aliphatic carbocycles. The molecule has 1 atom stereocenters. The first kappa shape index (κ1) is 12.4. The van der Waals surface area contributed by atoms with E-state index in [1.54, 1.807) is 0 Å². The molecule has 1 heterocycles. The standard InChI is InChI=1S/C14H22N2O/c1-11-8-13(16(2)15-11)10-14(17)9-12-6-4-3-5-7-12/h6,8,14,17H,3-5,7,9-10H2,1-2H3. The molecule has 1 N–H and O–H groups in total. The Kier molecular flexibility index (Phi) is 4.00. The average molecular weight is 234 g/mol. The van der Waals surface area contributed by atoms with E-state index in [1.807, 2.05) is 18.7 Å². The van der Waals surface area contributed by atoms with Crippen molar-refractivity contribution in [3.63, 3.8) is 0 Å². The molecule has 0 saturated carbocycles. The monoisotopic (exact) mass is 234 g/mol. The second kappa shape index (κ2) is 5.50. The van der Waals surface area contributed by atoms with Crippen molar-refractivity contribution < 1.29 is 5.11 Å². The van der Waals surface area contributed by atoms with Gasteiger partial charge in [0.1, 0.15) is 0 Å². The molecule has 0 bridgehead atoms. The summed E-state index contributed by atoms with van der Waals surface area (Å²) in [6.45, 7) is 1.99. The van der Waals surface area contributed by atoms with Crippen LogP contribution in [0.1, 0.15) is 43.5 Å². The number of hydrogen-bond donors (Lipinski definition) is 1. The van der Waals surface area contributed by atoms with Crippen LogP contribution in [-0.2, 0) is 13.5 Å². The highest BCUT2D eigenvalue weighted by atomic mass is 16.3. The third kappa shape index (κ3) is 3.43. The predicted octanol–water partition coefficient (Wildman–Crippen LogP) is 2.52. The van der Waals surface area contributed by atoms with E-state index >= 15 is 0 Å². The van der Waals surface area contributed by atoms with Crippen LogP contribution in [0.2, 0.25) is 0 Å². The number of rotatable bonds is 4. The van der Waals surface area contributed by atoms with E-state index in [2.05, 4.69) is 17.2 Å². The highest BCUT2D eigenvalue weighted by Crippen LogP contribution is 2.22. The Morgan fingerprint density at radius 2 is 2.24 bits per heavy atom. The summed E-state index contributed by atoms with van der Waals surface area (Å²) >= 11 is 0. The van der Waals surface area contributed by atoms with E-state index in [4.69, 9.17) is 0 Å². The first-order valence-corrected chi connectivity index (χ1v) is 6.50. The third-order valence-corrected chi connectivity index (χ3v) is 3.43. The van der Waals surface area contributed by atoms with Crippen molar-refractivity contribution in [2.75, 3.05) is 0 Å². The van der Waals surface area contributed by atoms with Crippen LogP contribution in [0.3, 0.4) is 0 Å². The third-order valence-electron chi connectivity index (χ3n) is 3.43. The molecule has 1 aromatic heterocycles. The molecule has 3 nitrogen and oxygen atoms in total. The molecular formula is C14H22N2O. The summed E-state index contributed by atoms with van der Waals surface area (Å²) < 4.78 is 1.87. The maximum absolute atomic E-state index is 10.1. The van der Waals surface area contributed by atoms with Crippen molar-refractivity contribution in [2.24, 2.45) is 7.05 Å². The van der Waals surface area contributed by atoms with E-state index < -0.39 is 0 Å². The van der Waals surface area contributed by atoms with Gasteiger partial charge in [0.05, 0.1) is 11.8 Å². The van der Waals surface area contributed by atoms with Crippen LogP contribution in [0.25, 0.3) is 0 Å². The molecule has 0 saturated heterocycles. The molecule has 1 unspecified atom stereocenters. The molecule has 1 aliphatic rings. The fraction of sp³-hybridized carbons (Fsp3) is 0.643. The predicted molar refractivity (Wildman–Crippen MR) is 68.8 cm³/mol. The number of aliphatic hydroxyl groups excluding tert-OH is 1. The number of aliphatic hydroxyl groups is 1. The fourth-order valence-electron chi connectivity index (χ4n) is 2.56. The van der Waals surface area contributed by atoms with Gasteiger partial charge in [0.2, 0.25) is 0 Å². The van der Waals surface area contributed by atoms with Gasteiger partial charge < -0.3 is 5.11 Å². The van der Waals surface area contributed by atoms with Crippen molar-refractivity contribution in [3.05, 3.63) is 29.1 Å². The lowest BCUT2D eigenvalue weighted by atomic mass is 9.94. The molecule has 1 aromatic rings. The molecular weight excluding hydrogens is 212 g/mol. The summed E-state index contributed by atoms with van der Waals surface area (Å²) in [5, 5.41) is 14.4. The molecule has 0 aromatic carbocycles. The second-order valence-corrected chi connectivity index (χ2v) is 5.07. The van der Waals surface area contributed by atoms with Gasteiger partial charge in [0.15, 0.2) is 0 Å². The summed E-state index contributed by atoms with van der Waals surface area (Å²) in [4.78, 5) is 0. The summed E-state index contributed by atoms with van der Waals surface area (Å²) in [6.07, 6.45) is 8.51. The number of aromatic nitrogens is 2. The van der Waals surface area contributed by atoms with Gasteiger partial charge in [-0.3, -0.25) is 4.68 Å². The van der Waals surface area contributed by atoms with Crippen LogP contribution in [0.5, 0.6) is 0 Å². The molecule has 0 radical (unpaired) electrons. The summed E-state index contributed by atoms with van der Waals surface area (Å²) in [7, 11) is 1.94. The Balaban J connectivity index is 1.90. The summed E-state index contributed by atoms with van der Waals surface area (Å²) in [5.41, 5.74) is 3.57. The molecule has 0 fully saturated rings. The molecule has 0 aliphatic heterocycles. The lowest BCUT2D eigenvalue weighted by molar-refractivity contribution is 0.171. The Morgan fingerprint density at radius 1 is 1.41 bits per heavy atom. The molecule has 3 heteroatoms. The van der Waals surface area contributed by atoms with E-state index in [0.29, 0.717) is 6.42 Å². The van der Waals surface area contributed by atoms with Crippen LogP contribution in [0, 0.1) is 6.92 Å². The van der Waals surface area contributed by atoms with Gasteiger partial charge >= 0.3 is 0 Å². The van der Waals surface area contributed by atoms with Gasteiger partial charge in [-0.2, -0.15) is 5.10 Å². The fourth-order valence-corrected chi connectivity index (χ4v) is 2.56. The lowest BCUT2D eigenvalue weighted by Crippen LogP contribution is -2.14. The first-order chi connectivity index (χ1) is 8.15. The lowest BCUT2D eigenvalue weighted by Gasteiger charge is -2.16. The maximum atomic E-state index is 10.1. The highest BCUT2D eigenvalue weighted by molar-refractivity contribution is 5.12. The van der Waals surface area contributed by atoms with E-state index in [1.165, 1.54) is 31.3 Å². The Bertz CT molecular complexity index is 406. The first-order valence-electron chi connectivity index (χ1n) is 6.50. The van der Waals surface area contributed by atoms with Crippen molar-refractivity contribution in [1.82, 2.24) is 9.78 Å². The number of aryl methyl sites for hydroxylation is 2. The molecule has 0 spiro atoms. The molecule has 94 valence electrons. The van der Waals surface area contributed by atoms with Gasteiger partial charge in [-0.05, 0) is 45.1 Å². The second-order valence-electron chi connectivity index (χ2n) is 5.07. The summed E-state index contributed by atoms with van der Waals surface area (Å²) in [5.74, 6) is 0. The Hall–Kier alpha value is -1.09. The number of nitrogens with zero attached hydrogens (tertiary/aromatic N) is 2. The minimum absolute atomic E-state index is 0.269. The van der Waals surface area contributed by atoms with Crippen molar-refractivity contribution in [3.8, 4) is 0 Å². The zero-order valence-corrected chi connectivity index (χ0v) is 10.8. The SMILES string of the molecule is Cc1cc(CC(O)CC2=CCCCC2)n(C)n1. The van der Waals surface area contributed by atoms with Crippen LogP contribution in [0.4, 0.5) is 0 Å². The number of allylic oxidation sites excluding steroid dienone is 1. The maximum Gasteiger partial charge on any atom is 0.0632 e. The van der Waals surface area contributed by atoms with Gasteiger partial charge in [-0.15, -0.1) is 0 Å². The topological polar surface area (TPSA) is 38.0 Å². The normalized spacial score (nSPS) is 17.9. The molecule has 2 rings (SSSR count). The van der Waals surface area contributed by atoms with Crippen LogP contribution in [-0.4, -0.2) is 21.0 Å². The number of hydrogen-bond acceptors (Lipinski definition) is 2. The van der Waals surface area contributed by atoms with Gasteiger partial charge in [0.25, 0.3) is 0 Å². The minimum atomic E-state index is -0.269. The summed E-state index contributed by atoms with van der Waals surface area (Å²) in [6, 6.07) is 2.05. The van der Waals surface area contributed by atoms with E-state index in [-0.39, 0.29) is 6.10 Å². The zero-order chi connectivity index (χ0) is 12.3. The Morgan fingerprint density at radius 3 is 2.82 bits per heavy atom. The van der Waals surface area contributed by atoms with Gasteiger partial charge in [0, 0.05) is 19.2 Å². The van der Waals surface area contributed by atoms with Gasteiger partial charge in [-0.1, -0.05) is 11.6 Å². The smallest absolute Gasteiger partial charge is 0.0632 e. The van der Waals surface area contributed by atoms with Gasteiger partial charge in [-0.25, -0.2) is 0 Å². The van der Waals surface area contributed by atoms with Crippen LogP contribution >= 0.6 is 0 Å². The largest absolute Gasteiger partial charge is 0.392 e.